The number of Topliss-reactive ketones (excluding diaryl/α,β-unsaturated/α-hetero) is 1. The van der Waals surface area contributed by atoms with E-state index in [1.54, 1.807) is 0 Å². The Morgan fingerprint density at radius 1 is 0.974 bits per heavy atom. The SMILES string of the molecule is [C-]#[N+]C1=C[C@@]2(C)c3c(c(-c4cccc(C(C)C)c4)nn3-c3ccc(-c4ccccc4)cc3)CC[C@@H]2[C@@H](C)C1=O. The van der Waals surface area contributed by atoms with Crippen molar-refractivity contribution >= 4 is 5.78 Å². The van der Waals surface area contributed by atoms with Crippen molar-refractivity contribution in [1.29, 1.82) is 0 Å². The quantitative estimate of drug-likeness (QED) is 0.259. The molecule has 2 aliphatic rings. The maximum Gasteiger partial charge on any atom is 0.226 e. The summed E-state index contributed by atoms with van der Waals surface area (Å²) in [5.41, 5.74) is 8.84. The first-order valence-corrected chi connectivity index (χ1v) is 13.8. The minimum Gasteiger partial charge on any atom is -0.308 e. The molecule has 1 heterocycles. The summed E-state index contributed by atoms with van der Waals surface area (Å²) in [4.78, 5) is 16.7. The zero-order valence-corrected chi connectivity index (χ0v) is 23.0. The van der Waals surface area contributed by atoms with Crippen LogP contribution >= 0.6 is 0 Å². The lowest BCUT2D eigenvalue weighted by molar-refractivity contribution is -0.121. The lowest BCUT2D eigenvalue weighted by atomic mass is 9.58. The zero-order chi connectivity index (χ0) is 27.3. The zero-order valence-electron chi connectivity index (χ0n) is 23.0. The first-order valence-electron chi connectivity index (χ1n) is 13.8. The van der Waals surface area contributed by atoms with Gasteiger partial charge in [0, 0.05) is 22.5 Å². The molecule has 0 fully saturated rings. The molecule has 4 nitrogen and oxygen atoms in total. The Balaban J connectivity index is 1.58. The Morgan fingerprint density at radius 2 is 1.67 bits per heavy atom. The monoisotopic (exact) mass is 511 g/mol. The first-order chi connectivity index (χ1) is 18.8. The van der Waals surface area contributed by atoms with Gasteiger partial charge >= 0.3 is 0 Å². The third-order valence-electron chi connectivity index (χ3n) is 8.84. The molecule has 3 atom stereocenters. The van der Waals surface area contributed by atoms with Crippen LogP contribution in [0.4, 0.5) is 0 Å². The third kappa shape index (κ3) is 4.05. The molecule has 2 aliphatic carbocycles. The maximum atomic E-state index is 13.0. The molecule has 6 rings (SSSR count). The number of aromatic nitrogens is 2. The first kappa shape index (κ1) is 25.1. The van der Waals surface area contributed by atoms with Gasteiger partial charge in [0.05, 0.1) is 23.6 Å². The van der Waals surface area contributed by atoms with E-state index in [1.165, 1.54) is 16.7 Å². The number of hydrogen-bond acceptors (Lipinski definition) is 2. The molecular formula is C35H33N3O. The van der Waals surface area contributed by atoms with Crippen LogP contribution in [0.3, 0.4) is 0 Å². The van der Waals surface area contributed by atoms with Crippen LogP contribution in [0.2, 0.25) is 0 Å². The van der Waals surface area contributed by atoms with Gasteiger partial charge < -0.3 is 4.79 Å². The Morgan fingerprint density at radius 3 is 2.36 bits per heavy atom. The van der Waals surface area contributed by atoms with Gasteiger partial charge in [0.1, 0.15) is 0 Å². The highest BCUT2D eigenvalue weighted by molar-refractivity contribution is 6.00. The molecule has 0 saturated carbocycles. The molecule has 0 saturated heterocycles. The van der Waals surface area contributed by atoms with Crippen LogP contribution in [-0.4, -0.2) is 15.6 Å². The highest BCUT2D eigenvalue weighted by Gasteiger charge is 2.50. The standard InChI is InChI=1S/C35H33N3O/c1-22(2)26-12-9-13-27(20-26)32-29-18-19-30-23(3)33(39)31(36-5)21-35(30,4)34(29)38(37-32)28-16-14-25(15-17-28)24-10-7-6-8-11-24/h6-17,20-23,30H,18-19H2,1-4H3/t23-,30-,35-/m1/s1. The molecule has 3 aromatic carbocycles. The van der Waals surface area contributed by atoms with Gasteiger partial charge in [-0.15, -0.1) is 0 Å². The van der Waals surface area contributed by atoms with E-state index in [-0.39, 0.29) is 23.3 Å². The van der Waals surface area contributed by atoms with Gasteiger partial charge in [-0.2, -0.15) is 5.10 Å². The second-order valence-electron chi connectivity index (χ2n) is 11.5. The minimum atomic E-state index is -0.472. The molecule has 0 unspecified atom stereocenters. The van der Waals surface area contributed by atoms with Crippen LogP contribution in [-0.2, 0) is 16.6 Å². The lowest BCUT2D eigenvalue weighted by Gasteiger charge is -2.45. The third-order valence-corrected chi connectivity index (χ3v) is 8.84. The summed E-state index contributed by atoms with van der Waals surface area (Å²) in [5, 5.41) is 5.29. The molecular weight excluding hydrogens is 478 g/mol. The van der Waals surface area contributed by atoms with Crippen LogP contribution in [0.5, 0.6) is 0 Å². The van der Waals surface area contributed by atoms with Gasteiger partial charge in [-0.25, -0.2) is 9.53 Å². The predicted molar refractivity (Wildman–Crippen MR) is 157 cm³/mol. The van der Waals surface area contributed by atoms with E-state index in [0.29, 0.717) is 5.92 Å². The van der Waals surface area contributed by atoms with Crippen LogP contribution in [0.15, 0.2) is 90.6 Å². The van der Waals surface area contributed by atoms with Gasteiger partial charge in [-0.3, -0.25) is 0 Å². The van der Waals surface area contributed by atoms with Crippen molar-refractivity contribution in [3.8, 4) is 28.1 Å². The second kappa shape index (κ2) is 9.50. The van der Waals surface area contributed by atoms with E-state index in [2.05, 4.69) is 103 Å². The largest absolute Gasteiger partial charge is 0.308 e. The number of carbonyl (C=O) groups excluding carboxylic acids is 1. The average molecular weight is 512 g/mol. The van der Waals surface area contributed by atoms with Crippen molar-refractivity contribution in [2.45, 2.75) is 51.9 Å². The van der Waals surface area contributed by atoms with E-state index in [1.807, 2.05) is 19.1 Å². The molecule has 0 radical (unpaired) electrons. The topological polar surface area (TPSA) is 39.2 Å². The highest BCUT2D eigenvalue weighted by Crippen LogP contribution is 2.52. The fraction of sp³-hybridized carbons (Fsp3) is 0.286. The molecule has 39 heavy (non-hydrogen) atoms. The number of hydrogen-bond donors (Lipinski definition) is 0. The summed E-state index contributed by atoms with van der Waals surface area (Å²) in [6.45, 7) is 16.4. The number of carbonyl (C=O) groups is 1. The fourth-order valence-corrected chi connectivity index (χ4v) is 6.71. The van der Waals surface area contributed by atoms with Crippen LogP contribution in [0.1, 0.15) is 56.9 Å². The van der Waals surface area contributed by atoms with Crippen LogP contribution < -0.4 is 0 Å². The van der Waals surface area contributed by atoms with Crippen molar-refractivity contribution in [2.24, 2.45) is 11.8 Å². The molecule has 0 spiro atoms. The maximum absolute atomic E-state index is 13.0. The molecule has 4 heteroatoms. The summed E-state index contributed by atoms with van der Waals surface area (Å²) >= 11 is 0. The van der Waals surface area contributed by atoms with Gasteiger partial charge in [-0.05, 0) is 59.6 Å². The average Bonchev–Trinajstić information content (AvgIpc) is 3.37. The number of fused-ring (bicyclic) bond motifs is 3. The smallest absolute Gasteiger partial charge is 0.226 e. The molecule has 0 aliphatic heterocycles. The van der Waals surface area contributed by atoms with Gasteiger partial charge in [0.2, 0.25) is 5.70 Å². The van der Waals surface area contributed by atoms with Crippen molar-refractivity contribution in [2.75, 3.05) is 0 Å². The number of ketones is 1. The molecule has 0 amide bonds. The van der Waals surface area contributed by atoms with E-state index in [9.17, 15) is 4.79 Å². The van der Waals surface area contributed by atoms with Crippen LogP contribution in [0, 0.1) is 18.4 Å². The van der Waals surface area contributed by atoms with Crippen molar-refractivity contribution in [3.05, 3.63) is 119 Å². The van der Waals surface area contributed by atoms with Gasteiger partial charge in [-0.1, -0.05) is 94.4 Å². The Labute approximate surface area is 230 Å². The normalized spacial score (nSPS) is 22.2. The van der Waals surface area contributed by atoms with E-state index >= 15 is 0 Å². The molecule has 0 bridgehead atoms. The number of benzene rings is 3. The summed E-state index contributed by atoms with van der Waals surface area (Å²) in [5.74, 6) is 0.314. The Kier molecular flexibility index (Phi) is 6.11. The van der Waals surface area contributed by atoms with E-state index < -0.39 is 5.41 Å². The van der Waals surface area contributed by atoms with Crippen molar-refractivity contribution in [1.82, 2.24) is 9.78 Å². The summed E-state index contributed by atoms with van der Waals surface area (Å²) in [7, 11) is 0. The summed E-state index contributed by atoms with van der Waals surface area (Å²) < 4.78 is 2.09. The predicted octanol–water partition coefficient (Wildman–Crippen LogP) is 8.17. The number of allylic oxidation sites excluding steroid dienone is 2. The van der Waals surface area contributed by atoms with Crippen molar-refractivity contribution in [3.63, 3.8) is 0 Å². The Bertz CT molecular complexity index is 1640. The summed E-state index contributed by atoms with van der Waals surface area (Å²) in [6.07, 6.45) is 3.70. The van der Waals surface area contributed by atoms with E-state index in [4.69, 9.17) is 11.7 Å². The highest BCUT2D eigenvalue weighted by atomic mass is 16.1. The van der Waals surface area contributed by atoms with E-state index in [0.717, 1.165) is 41.0 Å². The van der Waals surface area contributed by atoms with Crippen molar-refractivity contribution < 1.29 is 4.79 Å². The molecule has 194 valence electrons. The van der Waals surface area contributed by atoms with Gasteiger partial charge in [0.15, 0.2) is 5.78 Å². The second-order valence-corrected chi connectivity index (χ2v) is 11.5. The minimum absolute atomic E-state index is 0.0286. The van der Waals surface area contributed by atoms with Crippen LogP contribution in [0.25, 0.3) is 32.9 Å². The fourth-order valence-electron chi connectivity index (χ4n) is 6.71. The number of rotatable bonds is 4. The Hall–Kier alpha value is -4.23. The molecule has 4 aromatic rings. The number of nitrogens with zero attached hydrogens (tertiary/aromatic N) is 3. The lowest BCUT2D eigenvalue weighted by Crippen LogP contribution is -2.46. The van der Waals surface area contributed by atoms with Gasteiger partial charge in [0.25, 0.3) is 0 Å². The molecule has 1 aromatic heterocycles. The summed E-state index contributed by atoms with van der Waals surface area (Å²) in [6, 6.07) is 27.6. The molecule has 0 N–H and O–H groups in total.